The molecule has 9 nitrogen and oxygen atoms in total. The van der Waals surface area contributed by atoms with Gasteiger partial charge >= 0.3 is 0 Å². The summed E-state index contributed by atoms with van der Waals surface area (Å²) in [6, 6.07) is 5.63. The molecule has 0 bridgehead atoms. The molecule has 2 aliphatic rings. The first-order valence-electron chi connectivity index (χ1n) is 10.5. The van der Waals surface area contributed by atoms with E-state index in [0.29, 0.717) is 21.9 Å². The van der Waals surface area contributed by atoms with Crippen molar-refractivity contribution < 1.29 is 32.8 Å². The highest BCUT2D eigenvalue weighted by Gasteiger charge is 2.48. The summed E-state index contributed by atoms with van der Waals surface area (Å²) in [5.74, 6) is -1.62. The van der Waals surface area contributed by atoms with E-state index in [9.17, 15) is 13.9 Å². The Morgan fingerprint density at radius 2 is 1.91 bits per heavy atom. The lowest BCUT2D eigenvalue weighted by Crippen LogP contribution is -2.34. The number of aromatic nitrogens is 3. The van der Waals surface area contributed by atoms with Gasteiger partial charge in [-0.05, 0) is 18.9 Å². The van der Waals surface area contributed by atoms with E-state index in [2.05, 4.69) is 15.0 Å². The number of fused-ring (bicyclic) bond motifs is 2. The minimum Gasteiger partial charge on any atom is -0.479 e. The van der Waals surface area contributed by atoms with Crippen molar-refractivity contribution in [2.75, 3.05) is 19.8 Å². The SMILES string of the molecule is N#CCOc1cc(F)c(CCc2nc3nc(O[C@@H]4CO[C@H]5[C@@H]4OC[C@H]5O)[nH]c3cc2Cl)c(F)c1. The summed E-state index contributed by atoms with van der Waals surface area (Å²) >= 11 is 6.34. The Balaban J connectivity index is 1.29. The molecule has 4 atom stereocenters. The number of hydrogen-bond acceptors (Lipinski definition) is 8. The van der Waals surface area contributed by atoms with Crippen LogP contribution in [-0.2, 0) is 22.3 Å². The Hall–Kier alpha value is -3.04. The first-order valence-corrected chi connectivity index (χ1v) is 10.9. The van der Waals surface area contributed by atoms with E-state index in [-0.39, 0.29) is 50.0 Å². The Morgan fingerprint density at radius 3 is 2.68 bits per heavy atom. The number of imidazole rings is 1. The Kier molecular flexibility index (Phi) is 6.22. The van der Waals surface area contributed by atoms with Crippen molar-refractivity contribution in [2.45, 2.75) is 37.3 Å². The van der Waals surface area contributed by atoms with E-state index >= 15 is 0 Å². The Morgan fingerprint density at radius 1 is 1.15 bits per heavy atom. The molecule has 0 spiro atoms. The minimum absolute atomic E-state index is 0.00432. The predicted octanol–water partition coefficient (Wildman–Crippen LogP) is 2.48. The van der Waals surface area contributed by atoms with Gasteiger partial charge in [0.2, 0.25) is 0 Å². The topological polar surface area (TPSA) is 123 Å². The summed E-state index contributed by atoms with van der Waals surface area (Å²) in [5.41, 5.74) is 1.14. The molecule has 2 aliphatic heterocycles. The van der Waals surface area contributed by atoms with E-state index in [4.69, 9.17) is 35.8 Å². The normalized spacial score (nSPS) is 23.7. The molecule has 12 heteroatoms. The van der Waals surface area contributed by atoms with Crippen LogP contribution in [-0.4, -0.2) is 64.3 Å². The van der Waals surface area contributed by atoms with Gasteiger partial charge < -0.3 is 29.0 Å². The number of nitrogens with zero attached hydrogens (tertiary/aromatic N) is 3. The van der Waals surface area contributed by atoms with Crippen LogP contribution in [0, 0.1) is 23.0 Å². The molecule has 0 unspecified atom stereocenters. The van der Waals surface area contributed by atoms with E-state index in [0.717, 1.165) is 12.1 Å². The predicted molar refractivity (Wildman–Crippen MR) is 114 cm³/mol. The number of rotatable bonds is 7. The van der Waals surface area contributed by atoms with E-state index in [1.54, 1.807) is 12.1 Å². The fourth-order valence-corrected chi connectivity index (χ4v) is 4.36. The molecule has 0 aliphatic carbocycles. The van der Waals surface area contributed by atoms with Gasteiger partial charge in [0, 0.05) is 17.7 Å². The largest absolute Gasteiger partial charge is 0.479 e. The minimum atomic E-state index is -0.781. The molecule has 2 fully saturated rings. The van der Waals surface area contributed by atoms with Gasteiger partial charge in [0.15, 0.2) is 18.4 Å². The average molecular weight is 493 g/mol. The first-order chi connectivity index (χ1) is 16.4. The quantitative estimate of drug-likeness (QED) is 0.516. The van der Waals surface area contributed by atoms with Gasteiger partial charge in [-0.25, -0.2) is 13.8 Å². The van der Waals surface area contributed by atoms with Crippen LogP contribution in [0.25, 0.3) is 11.2 Å². The van der Waals surface area contributed by atoms with Crippen molar-refractivity contribution >= 4 is 22.8 Å². The van der Waals surface area contributed by atoms with E-state index < -0.39 is 36.1 Å². The fourth-order valence-electron chi connectivity index (χ4n) is 4.11. The van der Waals surface area contributed by atoms with Crippen molar-refractivity contribution in [1.82, 2.24) is 15.0 Å². The van der Waals surface area contributed by atoms with Crippen LogP contribution in [0.2, 0.25) is 5.02 Å². The second kappa shape index (κ2) is 9.31. The zero-order chi connectivity index (χ0) is 23.8. The highest BCUT2D eigenvalue weighted by molar-refractivity contribution is 6.31. The smallest absolute Gasteiger partial charge is 0.296 e. The number of pyridine rings is 1. The molecule has 2 N–H and O–H groups in total. The number of aryl methyl sites for hydroxylation is 1. The molecule has 0 amide bonds. The standard InChI is InChI=1S/C22H19ClF2N4O5/c23-12-7-16-21(29-22(28-16)34-18-9-33-19-17(30)8-32-20(18)19)27-15(12)2-1-11-13(24)5-10(6-14(11)25)31-4-3-26/h5-7,17-20,30H,1-2,4,8-9H2,(H,27,28,29)/t17-,18-,19-,20-/m1/s1. The van der Waals surface area contributed by atoms with Crippen molar-refractivity contribution in [3.8, 4) is 17.8 Å². The number of aromatic amines is 1. The van der Waals surface area contributed by atoms with Crippen molar-refractivity contribution in [3.63, 3.8) is 0 Å². The second-order valence-corrected chi connectivity index (χ2v) is 8.37. The summed E-state index contributed by atoms with van der Waals surface area (Å²) in [5, 5.41) is 18.7. The van der Waals surface area contributed by atoms with Crippen LogP contribution in [0.15, 0.2) is 18.2 Å². The summed E-state index contributed by atoms with van der Waals surface area (Å²) < 4.78 is 50.7. The molecule has 0 radical (unpaired) electrons. The number of benzene rings is 1. The number of hydrogen-bond donors (Lipinski definition) is 2. The van der Waals surface area contributed by atoms with Gasteiger partial charge in [-0.3, -0.25) is 0 Å². The fraction of sp³-hybridized carbons (Fsp3) is 0.409. The lowest BCUT2D eigenvalue weighted by atomic mass is 10.1. The van der Waals surface area contributed by atoms with Gasteiger partial charge in [0.1, 0.15) is 41.8 Å². The zero-order valence-corrected chi connectivity index (χ0v) is 18.4. The lowest BCUT2D eigenvalue weighted by Gasteiger charge is -2.15. The maximum absolute atomic E-state index is 14.4. The first kappa shape index (κ1) is 22.7. The molecule has 4 heterocycles. The van der Waals surface area contributed by atoms with Gasteiger partial charge in [-0.1, -0.05) is 11.6 Å². The summed E-state index contributed by atoms with van der Waals surface area (Å²) in [6.45, 7) is 0.129. The number of nitriles is 1. The molecular weight excluding hydrogens is 474 g/mol. The summed E-state index contributed by atoms with van der Waals surface area (Å²) in [6.07, 6.45) is -1.78. The van der Waals surface area contributed by atoms with Crippen molar-refractivity contribution in [3.05, 3.63) is 46.1 Å². The molecule has 178 valence electrons. The van der Waals surface area contributed by atoms with Crippen LogP contribution in [0.5, 0.6) is 11.8 Å². The molecule has 0 saturated carbocycles. The van der Waals surface area contributed by atoms with Gasteiger partial charge in [-0.2, -0.15) is 10.2 Å². The molecule has 2 saturated heterocycles. The number of aliphatic hydroxyl groups is 1. The lowest BCUT2D eigenvalue weighted by molar-refractivity contribution is 0.00706. The highest BCUT2D eigenvalue weighted by atomic mass is 35.5. The molecule has 3 aromatic rings. The van der Waals surface area contributed by atoms with E-state index in [1.807, 2.05) is 0 Å². The molecular formula is C22H19ClF2N4O5. The average Bonchev–Trinajstić information content (AvgIpc) is 3.48. The number of H-pyrrole nitrogens is 1. The third-order valence-corrected chi connectivity index (χ3v) is 6.08. The maximum Gasteiger partial charge on any atom is 0.296 e. The van der Waals surface area contributed by atoms with Crippen LogP contribution in [0.1, 0.15) is 11.3 Å². The van der Waals surface area contributed by atoms with E-state index in [1.165, 1.54) is 0 Å². The third kappa shape index (κ3) is 4.37. The van der Waals surface area contributed by atoms with Crippen LogP contribution >= 0.6 is 11.6 Å². The highest BCUT2D eigenvalue weighted by Crippen LogP contribution is 2.30. The Labute approximate surface area is 197 Å². The van der Waals surface area contributed by atoms with Gasteiger partial charge in [-0.15, -0.1) is 0 Å². The number of halogens is 3. The summed E-state index contributed by atoms with van der Waals surface area (Å²) in [4.78, 5) is 11.7. The van der Waals surface area contributed by atoms with Gasteiger partial charge in [0.05, 0.1) is 29.4 Å². The van der Waals surface area contributed by atoms with Crippen LogP contribution in [0.4, 0.5) is 8.78 Å². The van der Waals surface area contributed by atoms with Crippen LogP contribution < -0.4 is 9.47 Å². The number of nitrogens with one attached hydrogen (secondary N) is 1. The maximum atomic E-state index is 14.4. The molecule has 2 aromatic heterocycles. The van der Waals surface area contributed by atoms with Crippen molar-refractivity contribution in [2.24, 2.45) is 0 Å². The zero-order valence-electron chi connectivity index (χ0n) is 17.6. The van der Waals surface area contributed by atoms with Crippen LogP contribution in [0.3, 0.4) is 0 Å². The van der Waals surface area contributed by atoms with Crippen molar-refractivity contribution in [1.29, 1.82) is 5.26 Å². The Bertz CT molecular complexity index is 1240. The summed E-state index contributed by atoms with van der Waals surface area (Å²) in [7, 11) is 0. The molecule has 1 aromatic carbocycles. The number of aliphatic hydroxyl groups excluding tert-OH is 1. The molecule has 5 rings (SSSR count). The third-order valence-electron chi connectivity index (χ3n) is 5.75. The number of ether oxygens (including phenoxy) is 4. The monoisotopic (exact) mass is 492 g/mol. The second-order valence-electron chi connectivity index (χ2n) is 7.96. The molecule has 34 heavy (non-hydrogen) atoms. The van der Waals surface area contributed by atoms with Gasteiger partial charge in [0.25, 0.3) is 6.01 Å².